The summed E-state index contributed by atoms with van der Waals surface area (Å²) in [4.78, 5) is 0. The number of benzene rings is 1. The Hall–Kier alpha value is -0.860. The minimum atomic E-state index is 0.430. The van der Waals surface area contributed by atoms with E-state index < -0.39 is 0 Å². The first-order valence-electron chi connectivity index (χ1n) is 7.22. The molecule has 1 aliphatic heterocycles. The largest absolute Gasteiger partial charge is 0.381 e. The fourth-order valence-corrected chi connectivity index (χ4v) is 2.56. The van der Waals surface area contributed by atoms with Crippen LogP contribution >= 0.6 is 0 Å². The first-order chi connectivity index (χ1) is 8.79. The normalized spacial score (nSPS) is 22.4. The van der Waals surface area contributed by atoms with Crippen molar-refractivity contribution in [1.82, 2.24) is 5.32 Å². The van der Waals surface area contributed by atoms with Crippen LogP contribution in [-0.2, 0) is 11.2 Å². The summed E-state index contributed by atoms with van der Waals surface area (Å²) in [7, 11) is 0. The molecule has 1 saturated heterocycles. The first-order valence-corrected chi connectivity index (χ1v) is 7.22. The molecule has 2 rings (SSSR count). The summed E-state index contributed by atoms with van der Waals surface area (Å²) < 4.78 is 5.50. The van der Waals surface area contributed by atoms with Gasteiger partial charge in [0.25, 0.3) is 0 Å². The minimum Gasteiger partial charge on any atom is -0.381 e. The van der Waals surface area contributed by atoms with Crippen LogP contribution in [0.5, 0.6) is 0 Å². The predicted molar refractivity (Wildman–Crippen MR) is 75.8 cm³/mol. The van der Waals surface area contributed by atoms with Crippen molar-refractivity contribution in [3.63, 3.8) is 0 Å². The van der Waals surface area contributed by atoms with Gasteiger partial charge in [0.15, 0.2) is 0 Å². The zero-order chi connectivity index (χ0) is 12.8. The van der Waals surface area contributed by atoms with Gasteiger partial charge in [0.1, 0.15) is 0 Å². The molecule has 0 spiro atoms. The van der Waals surface area contributed by atoms with Crippen LogP contribution < -0.4 is 5.32 Å². The summed E-state index contributed by atoms with van der Waals surface area (Å²) in [6.07, 6.45) is 4.66. The summed E-state index contributed by atoms with van der Waals surface area (Å²) in [6, 6.07) is 10.0. The molecule has 0 radical (unpaired) electrons. The van der Waals surface area contributed by atoms with Crippen molar-refractivity contribution in [1.29, 1.82) is 0 Å². The molecule has 2 nitrogen and oxygen atoms in total. The van der Waals surface area contributed by atoms with Crippen LogP contribution in [0.25, 0.3) is 0 Å². The van der Waals surface area contributed by atoms with Gasteiger partial charge in [-0.25, -0.2) is 0 Å². The van der Waals surface area contributed by atoms with E-state index in [1.54, 1.807) is 0 Å². The highest BCUT2D eigenvalue weighted by Gasteiger charge is 2.15. The van der Waals surface area contributed by atoms with Gasteiger partial charge in [-0.1, -0.05) is 31.2 Å². The Balaban J connectivity index is 1.90. The first kappa shape index (κ1) is 13.6. The smallest absolute Gasteiger partial charge is 0.0480 e. The quantitative estimate of drug-likeness (QED) is 0.879. The van der Waals surface area contributed by atoms with E-state index >= 15 is 0 Å². The van der Waals surface area contributed by atoms with E-state index in [9.17, 15) is 0 Å². The predicted octanol–water partition coefficient (Wildman–Crippen LogP) is 3.47. The zero-order valence-corrected chi connectivity index (χ0v) is 11.6. The Kier molecular flexibility index (Phi) is 5.21. The molecule has 0 aliphatic carbocycles. The van der Waals surface area contributed by atoms with Crippen LogP contribution in [0.4, 0.5) is 0 Å². The van der Waals surface area contributed by atoms with Gasteiger partial charge in [-0.05, 0) is 43.7 Å². The van der Waals surface area contributed by atoms with Crippen LogP contribution in [0.2, 0.25) is 0 Å². The average molecular weight is 247 g/mol. The second kappa shape index (κ2) is 6.91. The molecule has 100 valence electrons. The third-order valence-corrected chi connectivity index (χ3v) is 3.83. The number of nitrogens with one attached hydrogen (secondary N) is 1. The van der Waals surface area contributed by atoms with Crippen LogP contribution in [0.3, 0.4) is 0 Å². The molecule has 1 fully saturated rings. The van der Waals surface area contributed by atoms with Crippen LogP contribution in [0.1, 0.15) is 50.3 Å². The fourth-order valence-electron chi connectivity index (χ4n) is 2.56. The molecule has 1 N–H and O–H groups in total. The number of aryl methyl sites for hydroxylation is 1. The second-order valence-electron chi connectivity index (χ2n) is 5.22. The van der Waals surface area contributed by atoms with Crippen molar-refractivity contribution < 1.29 is 4.74 Å². The Labute approximate surface area is 111 Å². The molecule has 1 heterocycles. The number of ether oxygens (including phenoxy) is 1. The van der Waals surface area contributed by atoms with Gasteiger partial charge in [0.2, 0.25) is 0 Å². The van der Waals surface area contributed by atoms with Crippen molar-refractivity contribution in [2.75, 3.05) is 13.2 Å². The van der Waals surface area contributed by atoms with Crippen LogP contribution in [-0.4, -0.2) is 19.3 Å². The third-order valence-electron chi connectivity index (χ3n) is 3.83. The van der Waals surface area contributed by atoms with E-state index in [0.717, 1.165) is 26.1 Å². The molecule has 1 aromatic rings. The molecule has 2 unspecified atom stereocenters. The molecule has 0 bridgehead atoms. The summed E-state index contributed by atoms with van der Waals surface area (Å²) >= 11 is 0. The van der Waals surface area contributed by atoms with Gasteiger partial charge in [0, 0.05) is 25.3 Å². The Morgan fingerprint density at radius 1 is 1.22 bits per heavy atom. The molecule has 1 aliphatic rings. The summed E-state index contributed by atoms with van der Waals surface area (Å²) in [5.41, 5.74) is 2.80. The minimum absolute atomic E-state index is 0.430. The highest BCUT2D eigenvalue weighted by Crippen LogP contribution is 2.17. The molecule has 0 aromatic heterocycles. The Morgan fingerprint density at radius 2 is 2.00 bits per heavy atom. The SMILES string of the molecule is CCc1ccc(C(C)NC2CCCOCC2)cc1. The molecule has 1 aromatic carbocycles. The van der Waals surface area contributed by atoms with Crippen molar-refractivity contribution in [3.8, 4) is 0 Å². The second-order valence-corrected chi connectivity index (χ2v) is 5.22. The van der Waals surface area contributed by atoms with Crippen molar-refractivity contribution >= 4 is 0 Å². The van der Waals surface area contributed by atoms with Gasteiger partial charge in [-0.15, -0.1) is 0 Å². The lowest BCUT2D eigenvalue weighted by Crippen LogP contribution is -2.31. The molecule has 0 amide bonds. The molecule has 0 saturated carbocycles. The van der Waals surface area contributed by atoms with E-state index in [4.69, 9.17) is 4.74 Å². The van der Waals surface area contributed by atoms with Gasteiger partial charge < -0.3 is 10.1 Å². The molecule has 18 heavy (non-hydrogen) atoms. The van der Waals surface area contributed by atoms with E-state index in [-0.39, 0.29) is 0 Å². The third kappa shape index (κ3) is 3.82. The molecular weight excluding hydrogens is 222 g/mol. The maximum Gasteiger partial charge on any atom is 0.0480 e. The maximum atomic E-state index is 5.50. The van der Waals surface area contributed by atoms with E-state index in [1.807, 2.05) is 0 Å². The fraction of sp³-hybridized carbons (Fsp3) is 0.625. The number of hydrogen-bond acceptors (Lipinski definition) is 2. The van der Waals surface area contributed by atoms with Gasteiger partial charge in [-0.2, -0.15) is 0 Å². The maximum absolute atomic E-state index is 5.50. The van der Waals surface area contributed by atoms with Crippen LogP contribution in [0.15, 0.2) is 24.3 Å². The number of rotatable bonds is 4. The number of hydrogen-bond donors (Lipinski definition) is 1. The molecule has 2 heteroatoms. The topological polar surface area (TPSA) is 21.3 Å². The lowest BCUT2D eigenvalue weighted by Gasteiger charge is -2.22. The highest BCUT2D eigenvalue weighted by molar-refractivity contribution is 5.24. The van der Waals surface area contributed by atoms with Gasteiger partial charge >= 0.3 is 0 Å². The summed E-state index contributed by atoms with van der Waals surface area (Å²) in [6.45, 7) is 6.28. The van der Waals surface area contributed by atoms with Crippen LogP contribution in [0, 0.1) is 0 Å². The molecular formula is C16H25NO. The zero-order valence-electron chi connectivity index (χ0n) is 11.6. The summed E-state index contributed by atoms with van der Waals surface area (Å²) in [5.74, 6) is 0. The van der Waals surface area contributed by atoms with Crippen molar-refractivity contribution in [2.24, 2.45) is 0 Å². The van der Waals surface area contributed by atoms with Crippen molar-refractivity contribution in [3.05, 3.63) is 35.4 Å². The van der Waals surface area contributed by atoms with E-state index in [0.29, 0.717) is 12.1 Å². The van der Waals surface area contributed by atoms with Gasteiger partial charge in [0.05, 0.1) is 0 Å². The van der Waals surface area contributed by atoms with Gasteiger partial charge in [-0.3, -0.25) is 0 Å². The highest BCUT2D eigenvalue weighted by atomic mass is 16.5. The lowest BCUT2D eigenvalue weighted by molar-refractivity contribution is 0.142. The summed E-state index contributed by atoms with van der Waals surface area (Å²) in [5, 5.41) is 3.73. The Morgan fingerprint density at radius 3 is 2.72 bits per heavy atom. The average Bonchev–Trinajstić information content (AvgIpc) is 2.67. The standard InChI is InChI=1S/C16H25NO/c1-3-14-6-8-15(9-7-14)13(2)17-16-5-4-11-18-12-10-16/h6-9,13,16-17H,3-5,10-12H2,1-2H3. The molecule has 2 atom stereocenters. The van der Waals surface area contributed by atoms with E-state index in [2.05, 4.69) is 43.4 Å². The Bertz CT molecular complexity index is 339. The van der Waals surface area contributed by atoms with E-state index in [1.165, 1.54) is 24.0 Å². The van der Waals surface area contributed by atoms with Crippen molar-refractivity contribution in [2.45, 2.75) is 51.6 Å². The lowest BCUT2D eigenvalue weighted by atomic mass is 10.0. The monoisotopic (exact) mass is 247 g/mol.